The summed E-state index contributed by atoms with van der Waals surface area (Å²) in [4.78, 5) is 6.44. The zero-order valence-electron chi connectivity index (χ0n) is 11.4. The first-order valence-corrected chi connectivity index (χ1v) is 7.58. The number of rotatable bonds is 8. The third-order valence-corrected chi connectivity index (χ3v) is 3.94. The van der Waals surface area contributed by atoms with Gasteiger partial charge in [-0.3, -0.25) is 9.88 Å². The smallest absolute Gasteiger partial charge is 0.0593 e. The maximum absolute atomic E-state index is 5.89. The maximum atomic E-state index is 5.89. The molecule has 1 heterocycles. The van der Waals surface area contributed by atoms with E-state index in [0.717, 1.165) is 35.7 Å². The molecule has 2 N–H and O–H groups in total. The first-order valence-electron chi connectivity index (χ1n) is 6.79. The molecule has 0 aromatic carbocycles. The fourth-order valence-corrected chi connectivity index (χ4v) is 2.46. The quantitative estimate of drug-likeness (QED) is 0.744. The Morgan fingerprint density at radius 2 is 2.32 bits per heavy atom. The van der Waals surface area contributed by atoms with Gasteiger partial charge in [-0.2, -0.15) is 0 Å². The lowest BCUT2D eigenvalue weighted by atomic mass is 10.1. The van der Waals surface area contributed by atoms with Crippen molar-refractivity contribution >= 4 is 15.9 Å². The summed E-state index contributed by atoms with van der Waals surface area (Å²) in [7, 11) is 2.08. The molecule has 1 aliphatic carbocycles. The highest BCUT2D eigenvalue weighted by atomic mass is 79.9. The van der Waals surface area contributed by atoms with E-state index in [1.807, 2.05) is 6.20 Å². The summed E-state index contributed by atoms with van der Waals surface area (Å²) in [5, 5.41) is 0. The molecule has 1 atom stereocenters. The van der Waals surface area contributed by atoms with Gasteiger partial charge in [0.2, 0.25) is 0 Å². The van der Waals surface area contributed by atoms with Crippen LogP contribution < -0.4 is 5.73 Å². The van der Waals surface area contributed by atoms with E-state index < -0.39 is 0 Å². The largest absolute Gasteiger partial charge is 0.380 e. The van der Waals surface area contributed by atoms with Crippen LogP contribution in [0, 0.1) is 5.92 Å². The molecule has 1 saturated carbocycles. The summed E-state index contributed by atoms with van der Waals surface area (Å²) in [6.07, 6.45) is 6.34. The van der Waals surface area contributed by atoms with Gasteiger partial charge in [0.25, 0.3) is 0 Å². The molecule has 2 rings (SSSR count). The Morgan fingerprint density at radius 3 is 2.95 bits per heavy atom. The highest BCUT2D eigenvalue weighted by Crippen LogP contribution is 2.28. The number of halogens is 1. The van der Waals surface area contributed by atoms with Gasteiger partial charge >= 0.3 is 0 Å². The van der Waals surface area contributed by atoms with E-state index in [1.165, 1.54) is 12.8 Å². The van der Waals surface area contributed by atoms with Crippen LogP contribution in [0.5, 0.6) is 0 Å². The molecule has 0 amide bonds. The number of nitrogens with two attached hydrogens (primary N) is 1. The standard InChI is InChI=1S/C14H22BrN3O/c1-18(4-5-19-10-11-2-3-11)14(7-16)12-6-13(15)9-17-8-12/h6,8-9,11,14H,2-5,7,10,16H2,1H3. The van der Waals surface area contributed by atoms with Crippen molar-refractivity contribution in [3.63, 3.8) is 0 Å². The number of hydrogen-bond acceptors (Lipinski definition) is 4. The summed E-state index contributed by atoms with van der Waals surface area (Å²) in [5.41, 5.74) is 7.03. The average Bonchev–Trinajstić information content (AvgIpc) is 3.20. The van der Waals surface area contributed by atoms with Crippen LogP contribution >= 0.6 is 15.9 Å². The van der Waals surface area contributed by atoms with Crippen LogP contribution in [0.25, 0.3) is 0 Å². The average molecular weight is 328 g/mol. The van der Waals surface area contributed by atoms with Crippen LogP contribution in [0.2, 0.25) is 0 Å². The van der Waals surface area contributed by atoms with Crippen LogP contribution in [-0.2, 0) is 4.74 Å². The van der Waals surface area contributed by atoms with Gasteiger partial charge in [0.05, 0.1) is 6.61 Å². The molecule has 1 fully saturated rings. The van der Waals surface area contributed by atoms with E-state index in [4.69, 9.17) is 10.5 Å². The van der Waals surface area contributed by atoms with Gasteiger partial charge in [-0.05, 0) is 53.4 Å². The molecule has 4 nitrogen and oxygen atoms in total. The minimum atomic E-state index is 0.189. The number of ether oxygens (including phenoxy) is 1. The molecule has 0 saturated heterocycles. The van der Waals surface area contributed by atoms with Gasteiger partial charge in [0.15, 0.2) is 0 Å². The Kier molecular flexibility index (Phi) is 5.76. The molecule has 0 spiro atoms. The highest BCUT2D eigenvalue weighted by Gasteiger charge is 2.21. The monoisotopic (exact) mass is 327 g/mol. The Morgan fingerprint density at radius 1 is 1.53 bits per heavy atom. The SMILES string of the molecule is CN(CCOCC1CC1)C(CN)c1cncc(Br)c1. The van der Waals surface area contributed by atoms with Crippen molar-refractivity contribution in [3.8, 4) is 0 Å². The van der Waals surface area contributed by atoms with Crippen LogP contribution in [-0.4, -0.2) is 43.2 Å². The van der Waals surface area contributed by atoms with Gasteiger partial charge in [-0.1, -0.05) is 0 Å². The predicted octanol–water partition coefficient (Wildman–Crippen LogP) is 2.20. The minimum Gasteiger partial charge on any atom is -0.380 e. The fraction of sp³-hybridized carbons (Fsp3) is 0.643. The lowest BCUT2D eigenvalue weighted by Gasteiger charge is -2.27. The number of likely N-dealkylation sites (N-methyl/N-ethyl adjacent to an activating group) is 1. The molecule has 0 bridgehead atoms. The van der Waals surface area contributed by atoms with Crippen LogP contribution in [0.15, 0.2) is 22.9 Å². The van der Waals surface area contributed by atoms with Crippen LogP contribution in [0.3, 0.4) is 0 Å². The third-order valence-electron chi connectivity index (χ3n) is 3.50. The lowest BCUT2D eigenvalue weighted by Crippen LogP contribution is -2.33. The second kappa shape index (κ2) is 7.33. The summed E-state index contributed by atoms with van der Waals surface area (Å²) < 4.78 is 6.66. The number of hydrogen-bond donors (Lipinski definition) is 1. The molecule has 0 aliphatic heterocycles. The molecular weight excluding hydrogens is 306 g/mol. The first kappa shape index (κ1) is 14.9. The van der Waals surface area contributed by atoms with Crippen molar-refractivity contribution in [1.82, 2.24) is 9.88 Å². The molecular formula is C14H22BrN3O. The van der Waals surface area contributed by atoms with E-state index in [9.17, 15) is 0 Å². The summed E-state index contributed by atoms with van der Waals surface area (Å²) in [6, 6.07) is 2.26. The normalized spacial score (nSPS) is 16.8. The summed E-state index contributed by atoms with van der Waals surface area (Å²) in [5.74, 6) is 0.824. The number of pyridine rings is 1. The van der Waals surface area contributed by atoms with Crippen molar-refractivity contribution in [2.45, 2.75) is 18.9 Å². The van der Waals surface area contributed by atoms with Gasteiger partial charge < -0.3 is 10.5 Å². The zero-order chi connectivity index (χ0) is 13.7. The molecule has 1 unspecified atom stereocenters. The van der Waals surface area contributed by atoms with Crippen molar-refractivity contribution in [1.29, 1.82) is 0 Å². The maximum Gasteiger partial charge on any atom is 0.0593 e. The van der Waals surface area contributed by atoms with Crippen molar-refractivity contribution < 1.29 is 4.74 Å². The van der Waals surface area contributed by atoms with Gasteiger partial charge in [-0.25, -0.2) is 0 Å². The Bertz CT molecular complexity index is 398. The Balaban J connectivity index is 1.81. The zero-order valence-corrected chi connectivity index (χ0v) is 13.0. The topological polar surface area (TPSA) is 51.4 Å². The molecule has 1 aliphatic rings. The lowest BCUT2D eigenvalue weighted by molar-refractivity contribution is 0.0922. The van der Waals surface area contributed by atoms with Gasteiger partial charge in [-0.15, -0.1) is 0 Å². The number of nitrogens with zero attached hydrogens (tertiary/aromatic N) is 2. The van der Waals surface area contributed by atoms with Gasteiger partial charge in [0, 0.05) is 42.6 Å². The predicted molar refractivity (Wildman–Crippen MR) is 79.9 cm³/mol. The van der Waals surface area contributed by atoms with E-state index in [2.05, 4.69) is 38.9 Å². The highest BCUT2D eigenvalue weighted by molar-refractivity contribution is 9.10. The molecule has 106 valence electrons. The second-order valence-corrected chi connectivity index (χ2v) is 6.10. The molecule has 1 aromatic heterocycles. The van der Waals surface area contributed by atoms with Crippen molar-refractivity contribution in [3.05, 3.63) is 28.5 Å². The molecule has 0 radical (unpaired) electrons. The van der Waals surface area contributed by atoms with Crippen LogP contribution in [0.1, 0.15) is 24.4 Å². The van der Waals surface area contributed by atoms with E-state index in [0.29, 0.717) is 6.54 Å². The van der Waals surface area contributed by atoms with E-state index >= 15 is 0 Å². The molecule has 19 heavy (non-hydrogen) atoms. The summed E-state index contributed by atoms with van der Waals surface area (Å²) in [6.45, 7) is 3.16. The molecule has 1 aromatic rings. The van der Waals surface area contributed by atoms with Crippen molar-refractivity contribution in [2.24, 2.45) is 11.7 Å². The Hall–Kier alpha value is -0.490. The van der Waals surface area contributed by atoms with E-state index in [1.54, 1.807) is 6.20 Å². The van der Waals surface area contributed by atoms with Gasteiger partial charge in [0.1, 0.15) is 0 Å². The minimum absolute atomic E-state index is 0.189. The fourth-order valence-electron chi connectivity index (χ4n) is 2.08. The third kappa shape index (κ3) is 4.84. The molecule has 5 heteroatoms. The second-order valence-electron chi connectivity index (χ2n) is 5.19. The van der Waals surface area contributed by atoms with Crippen molar-refractivity contribution in [2.75, 3.05) is 33.4 Å². The Labute approximate surface area is 123 Å². The number of aromatic nitrogens is 1. The first-order chi connectivity index (χ1) is 9.20. The van der Waals surface area contributed by atoms with E-state index in [-0.39, 0.29) is 6.04 Å². The van der Waals surface area contributed by atoms with Crippen LogP contribution in [0.4, 0.5) is 0 Å². The summed E-state index contributed by atoms with van der Waals surface area (Å²) >= 11 is 3.45.